The standard InChI is InChI=1S/C56H60Cl2O13Si10/c1-74(47-27-45-57)59-72(49-29-11-3-12-30-49)60-77(52-35-17-6-18-36-52)66-76(51-33-15-5-16-34-51)61-73(50-31-13-4-14-32-50)62-78(53-37-19-7-20-38-53)67-79(63-74,54-39-21-8-22-40-54)70-81(69-77,56-43-25-10-26-44-56)71-80(68-78,55-41-23-9-24-42-55)65-75(2,64-76)48-28-46-58/h3-26,29-44,72-73H,27-28,45-48H2,1-2H3. The van der Waals surface area contributed by atoms with Crippen molar-refractivity contribution in [2.24, 2.45) is 0 Å². The van der Waals surface area contributed by atoms with E-state index in [0.29, 0.717) is 67.8 Å². The van der Waals surface area contributed by atoms with Crippen LogP contribution in [0.2, 0.25) is 25.2 Å². The minimum absolute atomic E-state index is 0.298. The zero-order chi connectivity index (χ0) is 55.5. The third-order valence-electron chi connectivity index (χ3n) is 14.2. The number of benzene rings is 8. The summed E-state index contributed by atoms with van der Waals surface area (Å²) in [4.78, 5) is 0. The summed E-state index contributed by atoms with van der Waals surface area (Å²) in [5.74, 6) is 0.621. The first kappa shape index (κ1) is 57.4. The number of hydrogen-bond acceptors (Lipinski definition) is 13. The van der Waals surface area contributed by atoms with Crippen LogP contribution in [0.25, 0.3) is 0 Å². The Balaban J connectivity index is 1.34. The Morgan fingerprint density at radius 1 is 0.272 bits per heavy atom. The second-order valence-electron chi connectivity index (χ2n) is 20.3. The van der Waals surface area contributed by atoms with Crippen molar-refractivity contribution in [3.63, 3.8) is 0 Å². The second kappa shape index (κ2) is 24.2. The predicted molar refractivity (Wildman–Crippen MR) is 335 cm³/mol. The number of alkyl halides is 2. The van der Waals surface area contributed by atoms with E-state index in [0.717, 1.165) is 10.4 Å². The van der Waals surface area contributed by atoms with E-state index in [1.807, 2.05) is 249 Å². The molecule has 81 heavy (non-hydrogen) atoms. The molecule has 8 aromatic carbocycles. The molecule has 6 bridgehead atoms. The molecule has 12 rings (SSSR count). The van der Waals surface area contributed by atoms with Gasteiger partial charge in [-0.25, -0.2) is 0 Å². The molecular weight excluding hydrogens is 1230 g/mol. The molecule has 25 heteroatoms. The average molecular weight is 1290 g/mol. The molecule has 4 aliphatic rings. The van der Waals surface area contributed by atoms with Crippen molar-refractivity contribution in [2.45, 2.75) is 38.0 Å². The van der Waals surface area contributed by atoms with E-state index in [4.69, 9.17) is 76.7 Å². The van der Waals surface area contributed by atoms with E-state index in [1.54, 1.807) is 0 Å². The van der Waals surface area contributed by atoms with Gasteiger partial charge in [-0.15, -0.1) is 23.2 Å². The molecule has 0 N–H and O–H groups in total. The summed E-state index contributed by atoms with van der Waals surface area (Å²) in [5.41, 5.74) is 0. The van der Waals surface area contributed by atoms with Crippen molar-refractivity contribution in [3.05, 3.63) is 243 Å². The highest BCUT2D eigenvalue weighted by Crippen LogP contribution is 2.43. The van der Waals surface area contributed by atoms with Crippen LogP contribution in [0, 0.1) is 0 Å². The lowest BCUT2D eigenvalue weighted by Crippen LogP contribution is -2.89. The molecule has 4 aliphatic heterocycles. The zero-order valence-corrected chi connectivity index (χ0v) is 56.4. The highest BCUT2D eigenvalue weighted by Gasteiger charge is 2.78. The molecule has 0 aromatic heterocycles. The monoisotopic (exact) mass is 1290 g/mol. The molecule has 10 unspecified atom stereocenters. The van der Waals surface area contributed by atoms with Gasteiger partial charge in [0.1, 0.15) is 0 Å². The molecule has 0 spiro atoms. The van der Waals surface area contributed by atoms with Crippen LogP contribution in [0.3, 0.4) is 0 Å². The minimum Gasteiger partial charge on any atom is -0.414 e. The Hall–Kier alpha value is -4.01. The second-order valence-corrected chi connectivity index (χ2v) is 50.5. The van der Waals surface area contributed by atoms with E-state index in [9.17, 15) is 0 Å². The lowest BCUT2D eigenvalue weighted by atomic mass is 10.4. The van der Waals surface area contributed by atoms with Crippen LogP contribution in [0.15, 0.2) is 243 Å². The maximum Gasteiger partial charge on any atom is 0.515 e. The number of halogens is 2. The summed E-state index contributed by atoms with van der Waals surface area (Å²) in [6.45, 7) is 4.08. The van der Waals surface area contributed by atoms with Gasteiger partial charge in [0.15, 0.2) is 0 Å². The van der Waals surface area contributed by atoms with Gasteiger partial charge in [0.2, 0.25) is 0 Å². The van der Waals surface area contributed by atoms with E-state index in [2.05, 4.69) is 6.55 Å². The fourth-order valence-electron chi connectivity index (χ4n) is 10.5. The molecule has 0 saturated carbocycles. The molecule has 4 saturated heterocycles. The van der Waals surface area contributed by atoms with Crippen LogP contribution in [0.4, 0.5) is 0 Å². The molecule has 4 heterocycles. The van der Waals surface area contributed by atoms with Crippen molar-refractivity contribution < 1.29 is 53.5 Å². The quantitative estimate of drug-likeness (QED) is 0.0939. The molecule has 13 nitrogen and oxygen atoms in total. The summed E-state index contributed by atoms with van der Waals surface area (Å²) in [6.07, 6.45) is 1.01. The maximum atomic E-state index is 8.50. The van der Waals surface area contributed by atoms with Gasteiger partial charge in [0, 0.05) is 42.9 Å². The molecule has 0 amide bonds. The highest BCUT2D eigenvalue weighted by atomic mass is 35.5. The molecule has 4 fully saturated rings. The fraction of sp³-hybridized carbons (Fsp3) is 0.143. The van der Waals surface area contributed by atoms with Crippen LogP contribution >= 0.6 is 23.2 Å². The Bertz CT molecular complexity index is 3310. The van der Waals surface area contributed by atoms with E-state index < -0.39 is 88.5 Å². The van der Waals surface area contributed by atoms with Crippen LogP contribution in [-0.2, 0) is 53.5 Å². The van der Waals surface area contributed by atoms with Crippen molar-refractivity contribution in [1.82, 2.24) is 0 Å². The lowest BCUT2D eigenvalue weighted by molar-refractivity contribution is 0.0605. The average Bonchev–Trinajstić information content (AvgIpc) is 2.01. The molecule has 10 atom stereocenters. The molecule has 8 aromatic rings. The van der Waals surface area contributed by atoms with Crippen LogP contribution < -0.4 is 41.5 Å². The minimum atomic E-state index is -5.08. The summed E-state index contributed by atoms with van der Waals surface area (Å²) < 4.78 is 108. The van der Waals surface area contributed by atoms with Crippen molar-refractivity contribution in [3.8, 4) is 0 Å². The van der Waals surface area contributed by atoms with E-state index in [1.165, 1.54) is 0 Å². The Morgan fingerprint density at radius 3 is 0.827 bits per heavy atom. The topological polar surface area (TPSA) is 120 Å². The van der Waals surface area contributed by atoms with E-state index >= 15 is 0 Å². The molecule has 0 aliphatic carbocycles. The summed E-state index contributed by atoms with van der Waals surface area (Å²) in [6, 6.07) is 79.5. The summed E-state index contributed by atoms with van der Waals surface area (Å²) in [7, 11) is -44.5. The van der Waals surface area contributed by atoms with E-state index in [-0.39, 0.29) is 0 Å². The Morgan fingerprint density at radius 2 is 0.494 bits per heavy atom. The summed E-state index contributed by atoms with van der Waals surface area (Å²) >= 11 is 13.6. The normalized spacial score (nSPS) is 32.2. The van der Waals surface area contributed by atoms with Crippen molar-refractivity contribution in [2.75, 3.05) is 11.8 Å². The highest BCUT2D eigenvalue weighted by molar-refractivity contribution is 7.09. The van der Waals surface area contributed by atoms with Gasteiger partial charge in [-0.05, 0) is 48.4 Å². The number of rotatable bonds is 14. The zero-order valence-electron chi connectivity index (χ0n) is 44.6. The van der Waals surface area contributed by atoms with Crippen LogP contribution in [-0.4, -0.2) is 100 Å². The van der Waals surface area contributed by atoms with Crippen LogP contribution in [0.5, 0.6) is 0 Å². The lowest BCUT2D eigenvalue weighted by Gasteiger charge is -2.57. The van der Waals surface area contributed by atoms with Crippen molar-refractivity contribution in [1.29, 1.82) is 0 Å². The van der Waals surface area contributed by atoms with Crippen LogP contribution in [0.1, 0.15) is 12.8 Å². The van der Waals surface area contributed by atoms with Gasteiger partial charge >= 0.3 is 88.5 Å². The smallest absolute Gasteiger partial charge is 0.414 e. The Labute approximate surface area is 495 Å². The maximum absolute atomic E-state index is 8.50. The van der Waals surface area contributed by atoms with Gasteiger partial charge in [-0.2, -0.15) is 0 Å². The first-order valence-electron chi connectivity index (χ1n) is 27.0. The third-order valence-corrected chi connectivity index (χ3v) is 55.9. The van der Waals surface area contributed by atoms with Gasteiger partial charge in [0.25, 0.3) is 0 Å². The molecule has 0 radical (unpaired) electrons. The van der Waals surface area contributed by atoms with Gasteiger partial charge in [0.05, 0.1) is 0 Å². The van der Waals surface area contributed by atoms with Gasteiger partial charge in [-0.1, -0.05) is 243 Å². The van der Waals surface area contributed by atoms with Gasteiger partial charge < -0.3 is 53.5 Å². The first-order chi connectivity index (χ1) is 39.5. The third kappa shape index (κ3) is 11.8. The molecular formula is C56H60Cl2O13Si10. The largest absolute Gasteiger partial charge is 0.515 e. The SMILES string of the molecule is C[Si]1(CCCCl)O[SiH](c2ccccc2)O[Si]2(c3ccccc3)O[Si]3(c4ccccc4)O[SiH](c4ccccc4)O[Si]4(c5ccccc5)O[Si](c5ccccc5)(O1)O[Si](c1ccccc1)(O2)O[Si](c1ccccc1)(O[Si](C)(CCCCl)O3)O4. The summed E-state index contributed by atoms with van der Waals surface area (Å²) in [5, 5.41) is 5.03. The first-order valence-corrected chi connectivity index (χ1v) is 46.5. The predicted octanol–water partition coefficient (Wildman–Crippen LogP) is 5.99. The Kier molecular flexibility index (Phi) is 17.1. The fourth-order valence-corrected chi connectivity index (χ4v) is 63.3. The van der Waals surface area contributed by atoms with Crippen molar-refractivity contribution >= 4 is 153 Å². The van der Waals surface area contributed by atoms with Gasteiger partial charge in [-0.3, -0.25) is 0 Å². The molecule has 416 valence electrons. The number of fused-ring (bicyclic) bond motifs is 6. The number of hydrogen-bond donors (Lipinski definition) is 0.